The van der Waals surface area contributed by atoms with E-state index in [1.165, 1.54) is 18.7 Å². The monoisotopic (exact) mass is 357 g/mol. The maximum absolute atomic E-state index is 11.5. The van der Waals surface area contributed by atoms with Crippen LogP contribution in [0.3, 0.4) is 0 Å². The summed E-state index contributed by atoms with van der Waals surface area (Å²) < 4.78 is 6.09. The minimum atomic E-state index is -0.386. The number of hydrogen-bond acceptors (Lipinski definition) is 5. The number of thiocarbonyl (C=S) groups is 1. The largest absolute Gasteiger partial charge is 0.426 e. The fourth-order valence-electron chi connectivity index (χ4n) is 1.42. The number of hydrogen-bond donors (Lipinski definition) is 1. The van der Waals surface area contributed by atoms with Crippen LogP contribution in [0.15, 0.2) is 27.6 Å². The van der Waals surface area contributed by atoms with Crippen molar-refractivity contribution in [1.82, 2.24) is 5.32 Å². The number of amides is 1. The molecule has 0 aliphatic carbocycles. The zero-order valence-electron chi connectivity index (χ0n) is 9.73. The number of thioether (sulfide) groups is 1. The van der Waals surface area contributed by atoms with Crippen molar-refractivity contribution in [3.05, 3.63) is 33.1 Å². The van der Waals surface area contributed by atoms with Gasteiger partial charge < -0.3 is 10.1 Å². The van der Waals surface area contributed by atoms with Crippen molar-refractivity contribution < 1.29 is 14.3 Å². The molecule has 0 atom stereocenters. The van der Waals surface area contributed by atoms with Crippen molar-refractivity contribution >= 4 is 62.2 Å². The first-order chi connectivity index (χ1) is 8.95. The SMILES string of the molecule is CC(=O)Oc1ccc(/C=C2\SC(=S)NC2=O)cc1Br. The van der Waals surface area contributed by atoms with E-state index in [0.29, 0.717) is 19.4 Å². The van der Waals surface area contributed by atoms with Crippen molar-refractivity contribution in [2.75, 3.05) is 0 Å². The number of nitrogens with one attached hydrogen (secondary N) is 1. The van der Waals surface area contributed by atoms with Crippen molar-refractivity contribution in [1.29, 1.82) is 0 Å². The summed E-state index contributed by atoms with van der Waals surface area (Å²) in [6.45, 7) is 1.34. The van der Waals surface area contributed by atoms with Crippen molar-refractivity contribution in [2.45, 2.75) is 6.92 Å². The highest BCUT2D eigenvalue weighted by atomic mass is 79.9. The van der Waals surface area contributed by atoms with Gasteiger partial charge in [-0.15, -0.1) is 0 Å². The van der Waals surface area contributed by atoms with E-state index in [0.717, 1.165) is 5.56 Å². The first kappa shape index (κ1) is 14.2. The van der Waals surface area contributed by atoms with Gasteiger partial charge in [0.25, 0.3) is 5.91 Å². The van der Waals surface area contributed by atoms with Gasteiger partial charge in [0.1, 0.15) is 10.1 Å². The molecule has 0 aromatic heterocycles. The lowest BCUT2D eigenvalue weighted by Gasteiger charge is -2.04. The second-order valence-corrected chi connectivity index (χ2v) is 6.21. The number of ether oxygens (including phenoxy) is 1. The first-order valence-electron chi connectivity index (χ1n) is 5.18. The topological polar surface area (TPSA) is 55.4 Å². The quantitative estimate of drug-likeness (QED) is 0.381. The zero-order valence-corrected chi connectivity index (χ0v) is 12.9. The number of benzene rings is 1. The van der Waals surface area contributed by atoms with E-state index in [1.807, 2.05) is 0 Å². The zero-order chi connectivity index (χ0) is 14.0. The van der Waals surface area contributed by atoms with E-state index in [4.69, 9.17) is 17.0 Å². The summed E-state index contributed by atoms with van der Waals surface area (Å²) in [7, 11) is 0. The van der Waals surface area contributed by atoms with Gasteiger partial charge in [-0.05, 0) is 39.7 Å². The molecule has 1 aliphatic heterocycles. The number of esters is 1. The van der Waals surface area contributed by atoms with Crippen LogP contribution in [0, 0.1) is 0 Å². The van der Waals surface area contributed by atoms with Crippen LogP contribution in [0.4, 0.5) is 0 Å². The summed E-state index contributed by atoms with van der Waals surface area (Å²) >= 11 is 9.44. The molecule has 1 fully saturated rings. The van der Waals surface area contributed by atoms with E-state index in [1.54, 1.807) is 24.3 Å². The molecule has 1 N–H and O–H groups in total. The molecule has 4 nitrogen and oxygen atoms in total. The van der Waals surface area contributed by atoms with Crippen LogP contribution in [0.1, 0.15) is 12.5 Å². The molecule has 1 heterocycles. The van der Waals surface area contributed by atoms with Gasteiger partial charge in [-0.25, -0.2) is 0 Å². The van der Waals surface area contributed by atoms with Gasteiger partial charge in [0.05, 0.1) is 9.38 Å². The van der Waals surface area contributed by atoms with Crippen LogP contribution in [0.2, 0.25) is 0 Å². The molecule has 98 valence electrons. The predicted molar refractivity (Wildman–Crippen MR) is 81.8 cm³/mol. The second-order valence-electron chi connectivity index (χ2n) is 3.64. The van der Waals surface area contributed by atoms with Crippen LogP contribution in [0.5, 0.6) is 5.75 Å². The molecule has 19 heavy (non-hydrogen) atoms. The Morgan fingerprint density at radius 2 is 2.26 bits per heavy atom. The maximum Gasteiger partial charge on any atom is 0.308 e. The third kappa shape index (κ3) is 3.65. The summed E-state index contributed by atoms with van der Waals surface area (Å²) in [5.41, 5.74) is 0.810. The number of carbonyl (C=O) groups is 2. The Hall–Kier alpha value is -1.18. The Labute approximate surface area is 127 Å². The first-order valence-corrected chi connectivity index (χ1v) is 7.20. The summed E-state index contributed by atoms with van der Waals surface area (Å²) in [5.74, 6) is -0.147. The Morgan fingerprint density at radius 1 is 1.53 bits per heavy atom. The molecular formula is C12H8BrNO3S2. The molecule has 0 unspecified atom stereocenters. The number of rotatable bonds is 2. The average Bonchev–Trinajstić information content (AvgIpc) is 2.61. The average molecular weight is 358 g/mol. The molecule has 1 aliphatic rings. The van der Waals surface area contributed by atoms with Crippen LogP contribution < -0.4 is 10.1 Å². The molecule has 0 saturated carbocycles. The van der Waals surface area contributed by atoms with Crippen molar-refractivity contribution in [2.24, 2.45) is 0 Å². The molecule has 2 rings (SSSR count). The van der Waals surface area contributed by atoms with Crippen LogP contribution in [0.25, 0.3) is 6.08 Å². The third-order valence-electron chi connectivity index (χ3n) is 2.15. The van der Waals surface area contributed by atoms with Gasteiger partial charge in [0.2, 0.25) is 0 Å². The number of carbonyl (C=O) groups excluding carboxylic acids is 2. The molecule has 0 spiro atoms. The van der Waals surface area contributed by atoms with Crippen molar-refractivity contribution in [3.8, 4) is 5.75 Å². The van der Waals surface area contributed by atoms with E-state index in [-0.39, 0.29) is 11.9 Å². The van der Waals surface area contributed by atoms with Crippen LogP contribution in [-0.4, -0.2) is 16.2 Å². The fraction of sp³-hybridized carbons (Fsp3) is 0.0833. The molecule has 7 heteroatoms. The molecular weight excluding hydrogens is 350 g/mol. The highest BCUT2D eigenvalue weighted by Gasteiger charge is 2.21. The van der Waals surface area contributed by atoms with Gasteiger partial charge in [0.15, 0.2) is 0 Å². The molecule has 1 amide bonds. The lowest BCUT2D eigenvalue weighted by molar-refractivity contribution is -0.131. The fourth-order valence-corrected chi connectivity index (χ4v) is 2.94. The van der Waals surface area contributed by atoms with Crippen molar-refractivity contribution in [3.63, 3.8) is 0 Å². The van der Waals surface area contributed by atoms with Gasteiger partial charge in [0, 0.05) is 6.92 Å². The van der Waals surface area contributed by atoms with Crippen LogP contribution >= 0.6 is 39.9 Å². The van der Waals surface area contributed by atoms with E-state index in [2.05, 4.69) is 21.2 Å². The normalized spacial score (nSPS) is 16.6. The standard InChI is InChI=1S/C12H8BrNO3S2/c1-6(15)17-9-3-2-7(4-8(9)13)5-10-11(16)14-12(18)19-10/h2-5H,1H3,(H,14,16,18)/b10-5-. The molecule has 0 radical (unpaired) electrons. The van der Waals surface area contributed by atoms with Gasteiger partial charge >= 0.3 is 5.97 Å². The third-order valence-corrected chi connectivity index (χ3v) is 3.93. The Balaban J connectivity index is 2.25. The Bertz CT molecular complexity index is 613. The molecule has 1 aromatic rings. The highest BCUT2D eigenvalue weighted by molar-refractivity contribution is 9.10. The van der Waals surface area contributed by atoms with E-state index >= 15 is 0 Å². The number of halogens is 1. The van der Waals surface area contributed by atoms with E-state index in [9.17, 15) is 9.59 Å². The highest BCUT2D eigenvalue weighted by Crippen LogP contribution is 2.30. The Morgan fingerprint density at radius 3 is 2.79 bits per heavy atom. The minimum Gasteiger partial charge on any atom is -0.426 e. The maximum atomic E-state index is 11.5. The summed E-state index contributed by atoms with van der Waals surface area (Å²) in [6.07, 6.45) is 1.72. The lowest BCUT2D eigenvalue weighted by Crippen LogP contribution is -2.17. The summed E-state index contributed by atoms with van der Waals surface area (Å²) in [5, 5.41) is 2.55. The summed E-state index contributed by atoms with van der Waals surface area (Å²) in [6, 6.07) is 5.18. The summed E-state index contributed by atoms with van der Waals surface area (Å²) in [4.78, 5) is 22.9. The molecule has 0 bridgehead atoms. The predicted octanol–water partition coefficient (Wildman–Crippen LogP) is 2.86. The smallest absolute Gasteiger partial charge is 0.308 e. The van der Waals surface area contributed by atoms with Crippen LogP contribution in [-0.2, 0) is 9.59 Å². The molecule has 1 saturated heterocycles. The van der Waals surface area contributed by atoms with Gasteiger partial charge in [-0.1, -0.05) is 30.0 Å². The second kappa shape index (κ2) is 5.85. The lowest BCUT2D eigenvalue weighted by atomic mass is 10.2. The van der Waals surface area contributed by atoms with Gasteiger partial charge in [-0.2, -0.15) is 0 Å². The minimum absolute atomic E-state index is 0.199. The Kier molecular flexibility index (Phi) is 4.38. The van der Waals surface area contributed by atoms with E-state index < -0.39 is 0 Å². The van der Waals surface area contributed by atoms with Gasteiger partial charge in [-0.3, -0.25) is 9.59 Å². The molecule has 1 aromatic carbocycles.